The van der Waals surface area contributed by atoms with Crippen molar-refractivity contribution in [2.24, 2.45) is 0 Å². The van der Waals surface area contributed by atoms with Crippen molar-refractivity contribution in [3.63, 3.8) is 0 Å². The Morgan fingerprint density at radius 2 is 1.78 bits per heavy atom. The van der Waals surface area contributed by atoms with Crippen LogP contribution in [0.25, 0.3) is 10.9 Å². The highest BCUT2D eigenvalue weighted by atomic mass is 19.1. The highest BCUT2D eigenvalue weighted by molar-refractivity contribution is 5.95. The maximum atomic E-state index is 15.3. The highest BCUT2D eigenvalue weighted by Crippen LogP contribution is 2.35. The topological polar surface area (TPSA) is 131 Å². The number of carbonyl (C=O) groups is 2. The van der Waals surface area contributed by atoms with Crippen LogP contribution in [0, 0.1) is 5.82 Å². The molecule has 234 valence electrons. The second-order valence-electron chi connectivity index (χ2n) is 11.7. The first kappa shape index (κ1) is 31.2. The quantitative estimate of drug-likeness (QED) is 0.200. The number of rotatable bonds is 9. The van der Waals surface area contributed by atoms with Crippen LogP contribution >= 0.6 is 0 Å². The molecule has 0 atom stereocenters. The molecule has 5 rings (SSSR count). The first-order chi connectivity index (χ1) is 21.5. The minimum absolute atomic E-state index is 0.0661. The average Bonchev–Trinajstić information content (AvgIpc) is 3.01. The monoisotopic (exact) mass is 613 g/mol. The minimum atomic E-state index is -0.563. The Kier molecular flexibility index (Phi) is 9.12. The Labute approximate surface area is 260 Å². The highest BCUT2D eigenvalue weighted by Gasteiger charge is 2.23. The molecule has 1 fully saturated rings. The van der Waals surface area contributed by atoms with Crippen molar-refractivity contribution in [2.45, 2.75) is 45.2 Å². The molecule has 0 unspecified atom stereocenters. The van der Waals surface area contributed by atoms with Gasteiger partial charge in [0, 0.05) is 54.5 Å². The van der Waals surface area contributed by atoms with Gasteiger partial charge in [0.15, 0.2) is 0 Å². The summed E-state index contributed by atoms with van der Waals surface area (Å²) in [5.41, 5.74) is 1.31. The molecule has 4 aromatic rings. The molecule has 3 N–H and O–H groups in total. The Balaban J connectivity index is 1.32. The number of anilines is 3. The summed E-state index contributed by atoms with van der Waals surface area (Å²) in [5, 5.41) is 10.1. The number of hydrogen-bond acceptors (Lipinski definition) is 9. The van der Waals surface area contributed by atoms with Gasteiger partial charge in [0.2, 0.25) is 5.91 Å². The van der Waals surface area contributed by atoms with Gasteiger partial charge < -0.3 is 30.3 Å². The zero-order valence-electron chi connectivity index (χ0n) is 25.7. The van der Waals surface area contributed by atoms with Crippen molar-refractivity contribution >= 4 is 39.9 Å². The smallest absolute Gasteiger partial charge is 0.270 e. The largest absolute Gasteiger partial charge is 0.495 e. The Morgan fingerprint density at radius 3 is 2.47 bits per heavy atom. The average molecular weight is 614 g/mol. The molecule has 0 aliphatic carbocycles. The summed E-state index contributed by atoms with van der Waals surface area (Å²) in [6.45, 7) is 10.5. The predicted molar refractivity (Wildman–Crippen MR) is 171 cm³/mol. The number of aromatic nitrogens is 3. The lowest BCUT2D eigenvalue weighted by molar-refractivity contribution is -0.126. The standard InChI is InChI=1S/C33H36FN7O4/c1-6-30(42)41-13-10-20(11-14-41)38-27-17-23-26(18-29(27)44-5)36-19-37-31(23)39-25-8-7-21(15-24(25)34)45-22-9-12-35-28(16-22)32(43)40-33(2,3)4/h6-9,12,15-20,38H,1,10-11,13-14H2,2-5H3,(H,40,43)(H,36,37,39). The summed E-state index contributed by atoms with van der Waals surface area (Å²) in [7, 11) is 1.59. The van der Waals surface area contributed by atoms with E-state index in [2.05, 4.69) is 37.5 Å². The summed E-state index contributed by atoms with van der Waals surface area (Å²) >= 11 is 0. The second kappa shape index (κ2) is 13.2. The molecule has 0 bridgehead atoms. The van der Waals surface area contributed by atoms with Gasteiger partial charge in [0.1, 0.15) is 40.9 Å². The number of benzene rings is 2. The molecule has 0 spiro atoms. The van der Waals surface area contributed by atoms with Crippen molar-refractivity contribution < 1.29 is 23.5 Å². The number of carbonyl (C=O) groups excluding carboxylic acids is 2. The first-order valence-electron chi connectivity index (χ1n) is 14.6. The molecular formula is C33H36FN7O4. The molecule has 12 heteroatoms. The van der Waals surface area contributed by atoms with Crippen molar-refractivity contribution in [3.8, 4) is 17.2 Å². The molecule has 2 aromatic carbocycles. The molecule has 1 aliphatic rings. The lowest BCUT2D eigenvalue weighted by atomic mass is 10.0. The Morgan fingerprint density at radius 1 is 1.02 bits per heavy atom. The summed E-state index contributed by atoms with van der Waals surface area (Å²) in [4.78, 5) is 39.1. The van der Waals surface area contributed by atoms with Crippen LogP contribution in [0.5, 0.6) is 17.2 Å². The molecule has 1 saturated heterocycles. The number of nitrogens with one attached hydrogen (secondary N) is 3. The zero-order chi connectivity index (χ0) is 32.1. The van der Waals surface area contributed by atoms with Gasteiger partial charge in [-0.1, -0.05) is 6.58 Å². The normalized spacial score (nSPS) is 13.7. The van der Waals surface area contributed by atoms with E-state index >= 15 is 4.39 Å². The van der Waals surface area contributed by atoms with Gasteiger partial charge >= 0.3 is 0 Å². The van der Waals surface area contributed by atoms with Gasteiger partial charge in [0.25, 0.3) is 5.91 Å². The Bertz CT molecular complexity index is 1730. The van der Waals surface area contributed by atoms with Gasteiger partial charge in [-0.3, -0.25) is 14.6 Å². The van der Waals surface area contributed by atoms with E-state index < -0.39 is 11.4 Å². The summed E-state index contributed by atoms with van der Waals surface area (Å²) in [5.74, 6) is 0.647. The van der Waals surface area contributed by atoms with E-state index in [1.54, 1.807) is 36.3 Å². The number of ether oxygens (including phenoxy) is 2. The van der Waals surface area contributed by atoms with Crippen LogP contribution in [0.2, 0.25) is 0 Å². The van der Waals surface area contributed by atoms with Crippen LogP contribution in [0.1, 0.15) is 44.1 Å². The van der Waals surface area contributed by atoms with Gasteiger partial charge in [-0.25, -0.2) is 14.4 Å². The summed E-state index contributed by atoms with van der Waals surface area (Å²) < 4.78 is 26.8. The fourth-order valence-electron chi connectivity index (χ4n) is 4.99. The lowest BCUT2D eigenvalue weighted by Gasteiger charge is -2.32. The SMILES string of the molecule is C=CC(=O)N1CCC(Nc2cc3c(Nc4ccc(Oc5ccnc(C(=O)NC(C)(C)C)c5)cc4F)ncnc3cc2OC)CC1. The number of pyridine rings is 1. The number of halogens is 1. The molecule has 2 aromatic heterocycles. The number of fused-ring (bicyclic) bond motifs is 1. The fraction of sp³-hybridized carbons (Fsp3) is 0.303. The molecule has 3 heterocycles. The van der Waals surface area contributed by atoms with E-state index in [1.165, 1.54) is 30.7 Å². The number of likely N-dealkylation sites (tertiary alicyclic amines) is 1. The van der Waals surface area contributed by atoms with Gasteiger partial charge in [-0.2, -0.15) is 0 Å². The maximum absolute atomic E-state index is 15.3. The van der Waals surface area contributed by atoms with E-state index in [0.29, 0.717) is 41.3 Å². The first-order valence-corrected chi connectivity index (χ1v) is 14.6. The van der Waals surface area contributed by atoms with E-state index in [4.69, 9.17) is 9.47 Å². The molecule has 0 radical (unpaired) electrons. The molecule has 2 amide bonds. The van der Waals surface area contributed by atoms with E-state index in [-0.39, 0.29) is 35.0 Å². The maximum Gasteiger partial charge on any atom is 0.270 e. The van der Waals surface area contributed by atoms with Crippen LogP contribution in [0.15, 0.2) is 67.6 Å². The van der Waals surface area contributed by atoms with Crippen LogP contribution < -0.4 is 25.4 Å². The van der Waals surface area contributed by atoms with Crippen LogP contribution in [-0.2, 0) is 4.79 Å². The third-order valence-electron chi connectivity index (χ3n) is 7.18. The number of nitrogens with zero attached hydrogens (tertiary/aromatic N) is 4. The zero-order valence-corrected chi connectivity index (χ0v) is 25.7. The molecule has 11 nitrogen and oxygen atoms in total. The predicted octanol–water partition coefficient (Wildman–Crippen LogP) is 5.83. The van der Waals surface area contributed by atoms with Crippen molar-refractivity contribution in [1.82, 2.24) is 25.2 Å². The molecule has 0 saturated carbocycles. The van der Waals surface area contributed by atoms with E-state index in [9.17, 15) is 9.59 Å². The third-order valence-corrected chi connectivity index (χ3v) is 7.18. The van der Waals surface area contributed by atoms with Crippen LogP contribution in [0.4, 0.5) is 21.6 Å². The number of hydrogen-bond donors (Lipinski definition) is 3. The number of methoxy groups -OCH3 is 1. The second-order valence-corrected chi connectivity index (χ2v) is 11.7. The minimum Gasteiger partial charge on any atom is -0.495 e. The van der Waals surface area contributed by atoms with Crippen LogP contribution in [-0.4, -0.2) is 63.4 Å². The summed E-state index contributed by atoms with van der Waals surface area (Å²) in [6, 6.07) is 11.3. The van der Waals surface area contributed by atoms with E-state index in [0.717, 1.165) is 18.5 Å². The molecular weight excluding hydrogens is 577 g/mol. The van der Waals surface area contributed by atoms with Crippen LogP contribution in [0.3, 0.4) is 0 Å². The number of piperidine rings is 1. The van der Waals surface area contributed by atoms with Gasteiger partial charge in [-0.15, -0.1) is 0 Å². The van der Waals surface area contributed by atoms with Crippen molar-refractivity contribution in [2.75, 3.05) is 30.8 Å². The molecule has 45 heavy (non-hydrogen) atoms. The van der Waals surface area contributed by atoms with Gasteiger partial charge in [0.05, 0.1) is 24.0 Å². The van der Waals surface area contributed by atoms with Crippen molar-refractivity contribution in [3.05, 3.63) is 79.2 Å². The van der Waals surface area contributed by atoms with Gasteiger partial charge in [-0.05, 0) is 64.0 Å². The number of amides is 2. The summed E-state index contributed by atoms with van der Waals surface area (Å²) in [6.07, 6.45) is 5.73. The van der Waals surface area contributed by atoms with Crippen molar-refractivity contribution in [1.29, 1.82) is 0 Å². The fourth-order valence-corrected chi connectivity index (χ4v) is 4.99. The van der Waals surface area contributed by atoms with E-state index in [1.807, 2.05) is 26.8 Å². The Hall–Kier alpha value is -5.26. The lowest BCUT2D eigenvalue weighted by Crippen LogP contribution is -2.41. The third kappa shape index (κ3) is 7.64. The molecule has 1 aliphatic heterocycles.